The van der Waals surface area contributed by atoms with Gasteiger partial charge in [-0.1, -0.05) is 24.3 Å². The third-order valence-electron chi connectivity index (χ3n) is 14.4. The summed E-state index contributed by atoms with van der Waals surface area (Å²) < 4.78 is 235. The maximum atomic E-state index is 16.5. The van der Waals surface area contributed by atoms with E-state index in [4.69, 9.17) is 4.99 Å². The van der Waals surface area contributed by atoms with Gasteiger partial charge in [-0.25, -0.2) is 70.8 Å². The molecule has 9 aromatic rings. The Labute approximate surface area is 460 Å². The van der Waals surface area contributed by atoms with E-state index in [-0.39, 0.29) is 67.0 Å². The Hall–Kier alpha value is -10.8. The fourth-order valence-corrected chi connectivity index (χ4v) is 10.6. The summed E-state index contributed by atoms with van der Waals surface area (Å²) in [5.41, 5.74) is -11.9. The summed E-state index contributed by atoms with van der Waals surface area (Å²) in [6.07, 6.45) is 5.88. The molecule has 1 unspecified atom stereocenters. The number of rotatable bonds is 7. The Balaban J connectivity index is 1.28. The highest BCUT2D eigenvalue weighted by Crippen LogP contribution is 2.47. The van der Waals surface area contributed by atoms with Crippen LogP contribution in [0.15, 0.2) is 149 Å². The molecule has 0 amide bonds. The van der Waals surface area contributed by atoms with E-state index in [0.29, 0.717) is 0 Å². The van der Waals surface area contributed by atoms with Crippen LogP contribution in [0.3, 0.4) is 0 Å². The lowest BCUT2D eigenvalue weighted by molar-refractivity contribution is 0.376. The van der Waals surface area contributed by atoms with Gasteiger partial charge < -0.3 is 19.9 Å². The summed E-state index contributed by atoms with van der Waals surface area (Å²) in [6.45, 7) is 0. The highest BCUT2D eigenvalue weighted by atomic mass is 19.2. The predicted octanol–water partition coefficient (Wildman–Crippen LogP) is 12.9. The molecule has 414 valence electrons. The average molecular weight is 1150 g/mol. The van der Waals surface area contributed by atoms with Crippen molar-refractivity contribution >= 4 is 33.7 Å². The first-order valence-corrected chi connectivity index (χ1v) is 24.4. The van der Waals surface area contributed by atoms with Gasteiger partial charge in [0, 0.05) is 67.7 Å². The quantitative estimate of drug-likeness (QED) is 0.0718. The first kappa shape index (κ1) is 53.8. The molecule has 3 aliphatic heterocycles. The van der Waals surface area contributed by atoms with E-state index < -0.39 is 149 Å². The molecule has 5 aromatic carbocycles. The second kappa shape index (κ2) is 20.0. The third kappa shape index (κ3) is 8.01. The number of aromatic amines is 4. The second-order valence-electron chi connectivity index (χ2n) is 18.8. The molecule has 4 aromatic heterocycles. The van der Waals surface area contributed by atoms with Crippen molar-refractivity contribution in [3.05, 3.63) is 304 Å². The molecule has 12 rings (SSSR count). The molecule has 23 heteroatoms. The van der Waals surface area contributed by atoms with E-state index >= 15 is 52.7 Å². The Morgan fingerprint density at radius 1 is 0.429 bits per heavy atom. The number of nitriles is 2. The molecule has 0 aliphatic carbocycles. The Morgan fingerprint density at radius 2 is 0.905 bits per heavy atom. The molecular weight excluding hydrogens is 1130 g/mol. The normalized spacial score (nSPS) is 18.3. The number of nitrogens with zero attached hydrogens (tertiary/aromatic N) is 4. The summed E-state index contributed by atoms with van der Waals surface area (Å²) in [5.74, 6) is -35.5. The third-order valence-corrected chi connectivity index (χ3v) is 14.4. The SMILES string of the molecule is N#Cc1ccc(/C2=c3\cc/c([nH]3)=C(\c3c(F)c(F)c(F)c(F)c3F)c3ccc([nH]3)C(C3=N/C(=C(\c4ccc[nH]4)c4c(F)c(F)c(F)c(F)c4F)C=C3)(c3ccc(C#N)cc3)c3ccc([nH]3)/C(c3c(F)c(F)c(F)c(F)c3F)=C3/C=CC2=N3)cc1. The van der Waals surface area contributed by atoms with Crippen LogP contribution in [0, 0.1) is 110 Å². The molecular formula is C61H25F15N8. The van der Waals surface area contributed by atoms with Gasteiger partial charge in [-0.15, -0.1) is 0 Å². The van der Waals surface area contributed by atoms with Gasteiger partial charge >= 0.3 is 0 Å². The zero-order valence-corrected chi connectivity index (χ0v) is 41.6. The molecule has 0 saturated heterocycles. The van der Waals surface area contributed by atoms with E-state index in [1.54, 1.807) is 0 Å². The lowest BCUT2D eigenvalue weighted by Crippen LogP contribution is -2.38. The molecule has 4 N–H and O–H groups in total. The zero-order chi connectivity index (χ0) is 59.4. The van der Waals surface area contributed by atoms with Crippen LogP contribution < -0.4 is 10.7 Å². The number of hydrogen-bond donors (Lipinski definition) is 4. The van der Waals surface area contributed by atoms with Gasteiger partial charge in [0.25, 0.3) is 0 Å². The van der Waals surface area contributed by atoms with Gasteiger partial charge in [0.1, 0.15) is 5.41 Å². The topological polar surface area (TPSA) is 135 Å². The van der Waals surface area contributed by atoms with Crippen LogP contribution in [0.2, 0.25) is 0 Å². The van der Waals surface area contributed by atoms with E-state index in [1.165, 1.54) is 103 Å². The van der Waals surface area contributed by atoms with E-state index in [9.17, 15) is 23.7 Å². The Kier molecular flexibility index (Phi) is 12.8. The molecule has 0 saturated carbocycles. The fraction of sp³-hybridized carbons (Fsp3) is 0.0164. The molecule has 7 heterocycles. The standard InChI is InChI=1S/C61H25F15N8/c62-46-43(47(63)53(69)58(74)52(46)68)40(28-2-1-21-79-28)33-15-18-36(82-33)61(27-9-5-25(23-78)6-10-27)37-19-16-34(83-37)41(44-48(64)54(70)59(75)55(71)49(44)65)31-13-11-29(80-31)39(26-7-3-24(22-77)4-8-26)30-12-14-32(81-30)42(35-17-20-38(61)84-35)45-50(66)56(72)60(76)57(73)51(45)67/h1-21,79-80,83-84H/b39-29-,40-33+,41-31+,42-32+. The van der Waals surface area contributed by atoms with E-state index in [1.807, 2.05) is 12.1 Å². The summed E-state index contributed by atoms with van der Waals surface area (Å²) in [7, 11) is 0. The van der Waals surface area contributed by atoms with Crippen molar-refractivity contribution in [2.75, 3.05) is 0 Å². The highest BCUT2D eigenvalue weighted by Gasteiger charge is 2.46. The number of aromatic nitrogens is 4. The van der Waals surface area contributed by atoms with Crippen LogP contribution in [0.4, 0.5) is 65.9 Å². The Morgan fingerprint density at radius 3 is 1.42 bits per heavy atom. The van der Waals surface area contributed by atoms with Crippen LogP contribution in [-0.2, 0) is 5.41 Å². The van der Waals surface area contributed by atoms with Crippen molar-refractivity contribution in [2.45, 2.75) is 5.41 Å². The number of aliphatic imine (C=N–C) groups is 2. The van der Waals surface area contributed by atoms with Crippen molar-refractivity contribution in [1.29, 1.82) is 10.5 Å². The largest absolute Gasteiger partial charge is 0.361 e. The molecule has 8 bridgehead atoms. The number of allylic oxidation sites excluding steroid dienone is 4. The molecule has 8 nitrogen and oxygen atoms in total. The highest BCUT2D eigenvalue weighted by molar-refractivity contribution is 6.30. The number of hydrogen-bond acceptors (Lipinski definition) is 4. The average Bonchev–Trinajstić information content (AvgIpc) is 2.23. The molecule has 0 spiro atoms. The van der Waals surface area contributed by atoms with Crippen LogP contribution in [-0.4, -0.2) is 31.4 Å². The van der Waals surface area contributed by atoms with E-state index in [0.717, 1.165) is 24.3 Å². The van der Waals surface area contributed by atoms with Crippen molar-refractivity contribution in [3.8, 4) is 12.1 Å². The lowest BCUT2D eigenvalue weighted by Gasteiger charge is -2.33. The number of benzene rings is 5. The lowest BCUT2D eigenvalue weighted by atomic mass is 9.71. The molecule has 84 heavy (non-hydrogen) atoms. The van der Waals surface area contributed by atoms with Crippen LogP contribution in [0.5, 0.6) is 0 Å². The summed E-state index contributed by atoms with van der Waals surface area (Å²) in [5, 5.41) is 19.2. The van der Waals surface area contributed by atoms with Gasteiger partial charge in [0.2, 0.25) is 17.5 Å². The number of nitrogens with one attached hydrogen (secondary N) is 4. The van der Waals surface area contributed by atoms with Crippen molar-refractivity contribution in [3.63, 3.8) is 0 Å². The number of halogens is 15. The molecule has 0 fully saturated rings. The van der Waals surface area contributed by atoms with Crippen molar-refractivity contribution < 1.29 is 65.9 Å². The minimum Gasteiger partial charge on any atom is -0.361 e. The monoisotopic (exact) mass is 1150 g/mol. The first-order chi connectivity index (χ1) is 40.3. The van der Waals surface area contributed by atoms with Gasteiger partial charge in [0.05, 0.1) is 62.8 Å². The maximum absolute atomic E-state index is 16.5. The molecule has 3 aliphatic rings. The molecule has 0 radical (unpaired) electrons. The molecule has 1 atom stereocenters. The predicted molar refractivity (Wildman–Crippen MR) is 273 cm³/mol. The Bertz CT molecular complexity index is 4700. The summed E-state index contributed by atoms with van der Waals surface area (Å²) >= 11 is 0. The summed E-state index contributed by atoms with van der Waals surface area (Å²) in [4.78, 5) is 21.0. The van der Waals surface area contributed by atoms with Crippen LogP contribution in [0.25, 0.3) is 22.3 Å². The van der Waals surface area contributed by atoms with Gasteiger partial charge in [-0.3, -0.25) is 4.99 Å². The van der Waals surface area contributed by atoms with Crippen LogP contribution in [0.1, 0.15) is 67.4 Å². The van der Waals surface area contributed by atoms with Gasteiger partial charge in [0.15, 0.2) is 69.8 Å². The number of fused-ring (bicyclic) bond motifs is 7. The minimum absolute atomic E-state index is 0.00738. The maximum Gasteiger partial charge on any atom is 0.200 e. The van der Waals surface area contributed by atoms with Gasteiger partial charge in [-0.2, -0.15) is 10.5 Å². The fourth-order valence-electron chi connectivity index (χ4n) is 10.6. The van der Waals surface area contributed by atoms with Gasteiger partial charge in [-0.05, 0) is 108 Å². The van der Waals surface area contributed by atoms with Crippen molar-refractivity contribution in [1.82, 2.24) is 19.9 Å². The second-order valence-corrected chi connectivity index (χ2v) is 18.8. The number of H-pyrrole nitrogens is 4. The van der Waals surface area contributed by atoms with Crippen LogP contribution >= 0.6 is 0 Å². The first-order valence-electron chi connectivity index (χ1n) is 24.4. The zero-order valence-electron chi connectivity index (χ0n) is 41.6. The minimum atomic E-state index is -2.52. The summed E-state index contributed by atoms with van der Waals surface area (Å²) in [6, 6.07) is 24.3. The van der Waals surface area contributed by atoms with E-state index in [2.05, 4.69) is 24.9 Å². The van der Waals surface area contributed by atoms with Crippen molar-refractivity contribution in [2.24, 2.45) is 9.98 Å². The smallest absolute Gasteiger partial charge is 0.200 e.